The number of nitrogens with zero attached hydrogens (tertiary/aromatic N) is 1. The SMILES string of the molecule is CON=C1C=CC(C(=O)O)=C(CCC(C)OC)C1. The molecule has 1 N–H and O–H groups in total. The third-order valence-electron chi connectivity index (χ3n) is 2.91. The molecular weight excluding hydrogens is 234 g/mol. The molecule has 0 aliphatic heterocycles. The number of methoxy groups -OCH3 is 1. The van der Waals surface area contributed by atoms with Crippen LogP contribution in [-0.2, 0) is 14.4 Å². The van der Waals surface area contributed by atoms with Gasteiger partial charge in [0.15, 0.2) is 0 Å². The lowest BCUT2D eigenvalue weighted by Crippen LogP contribution is -2.13. The maximum atomic E-state index is 11.1. The van der Waals surface area contributed by atoms with Crippen LogP contribution in [0.3, 0.4) is 0 Å². The van der Waals surface area contributed by atoms with Crippen molar-refractivity contribution in [1.82, 2.24) is 0 Å². The van der Waals surface area contributed by atoms with Crippen molar-refractivity contribution in [2.45, 2.75) is 32.3 Å². The van der Waals surface area contributed by atoms with Gasteiger partial charge in [-0.1, -0.05) is 5.16 Å². The Balaban J connectivity index is 2.81. The van der Waals surface area contributed by atoms with Crippen molar-refractivity contribution in [3.05, 3.63) is 23.3 Å². The van der Waals surface area contributed by atoms with Crippen LogP contribution in [-0.4, -0.2) is 37.1 Å². The molecule has 5 heteroatoms. The van der Waals surface area contributed by atoms with Crippen molar-refractivity contribution in [3.8, 4) is 0 Å². The van der Waals surface area contributed by atoms with Crippen LogP contribution in [0.25, 0.3) is 0 Å². The third kappa shape index (κ3) is 4.00. The summed E-state index contributed by atoms with van der Waals surface area (Å²) in [6.45, 7) is 1.96. The molecule has 1 aliphatic carbocycles. The van der Waals surface area contributed by atoms with Crippen molar-refractivity contribution < 1.29 is 19.5 Å². The van der Waals surface area contributed by atoms with Crippen molar-refractivity contribution in [2.75, 3.05) is 14.2 Å². The molecule has 5 nitrogen and oxygen atoms in total. The number of aliphatic carboxylic acids is 1. The molecule has 1 atom stereocenters. The van der Waals surface area contributed by atoms with Crippen LogP contribution in [0.5, 0.6) is 0 Å². The fourth-order valence-electron chi connectivity index (χ4n) is 1.79. The first-order valence-electron chi connectivity index (χ1n) is 5.84. The minimum absolute atomic E-state index is 0.112. The monoisotopic (exact) mass is 253 g/mol. The van der Waals surface area contributed by atoms with Gasteiger partial charge in [0, 0.05) is 13.5 Å². The lowest BCUT2D eigenvalue weighted by Gasteiger charge is -2.16. The van der Waals surface area contributed by atoms with Gasteiger partial charge < -0.3 is 14.7 Å². The number of allylic oxidation sites excluding steroid dienone is 2. The van der Waals surface area contributed by atoms with Gasteiger partial charge in [-0.25, -0.2) is 4.79 Å². The highest BCUT2D eigenvalue weighted by Crippen LogP contribution is 2.23. The number of carboxylic acids is 1. The maximum absolute atomic E-state index is 11.1. The highest BCUT2D eigenvalue weighted by Gasteiger charge is 2.18. The van der Waals surface area contributed by atoms with Gasteiger partial charge in [0.2, 0.25) is 0 Å². The van der Waals surface area contributed by atoms with Crippen molar-refractivity contribution in [2.24, 2.45) is 5.16 Å². The highest BCUT2D eigenvalue weighted by molar-refractivity contribution is 6.03. The van der Waals surface area contributed by atoms with E-state index in [0.717, 1.165) is 17.7 Å². The molecule has 100 valence electrons. The number of carbonyl (C=O) groups is 1. The first-order chi connectivity index (χ1) is 8.58. The zero-order valence-corrected chi connectivity index (χ0v) is 11.0. The molecule has 1 rings (SSSR count). The first kappa shape index (κ1) is 14.4. The summed E-state index contributed by atoms with van der Waals surface area (Å²) in [6, 6.07) is 0. The van der Waals surface area contributed by atoms with Gasteiger partial charge in [-0.3, -0.25) is 0 Å². The lowest BCUT2D eigenvalue weighted by atomic mass is 9.92. The molecule has 0 aromatic carbocycles. The van der Waals surface area contributed by atoms with Gasteiger partial charge in [-0.15, -0.1) is 0 Å². The topological polar surface area (TPSA) is 68.1 Å². The van der Waals surface area contributed by atoms with Gasteiger partial charge in [0.1, 0.15) is 7.11 Å². The van der Waals surface area contributed by atoms with Crippen LogP contribution < -0.4 is 0 Å². The predicted octanol–water partition coefficient (Wildman–Crippen LogP) is 2.15. The molecule has 1 aliphatic rings. The fourth-order valence-corrected chi connectivity index (χ4v) is 1.79. The lowest BCUT2D eigenvalue weighted by molar-refractivity contribution is -0.132. The highest BCUT2D eigenvalue weighted by atomic mass is 16.6. The van der Waals surface area contributed by atoms with Crippen LogP contribution in [0.1, 0.15) is 26.2 Å². The second-order valence-corrected chi connectivity index (χ2v) is 4.18. The average Bonchev–Trinajstić information content (AvgIpc) is 2.36. The zero-order chi connectivity index (χ0) is 13.5. The Morgan fingerprint density at radius 1 is 1.50 bits per heavy atom. The maximum Gasteiger partial charge on any atom is 0.335 e. The normalized spacial score (nSPS) is 19.2. The summed E-state index contributed by atoms with van der Waals surface area (Å²) in [5.74, 6) is -0.900. The molecular formula is C13H19NO4. The summed E-state index contributed by atoms with van der Waals surface area (Å²) in [6.07, 6.45) is 5.36. The average molecular weight is 253 g/mol. The summed E-state index contributed by atoms with van der Waals surface area (Å²) in [5.41, 5.74) is 1.96. The van der Waals surface area contributed by atoms with E-state index in [0.29, 0.717) is 18.4 Å². The van der Waals surface area contributed by atoms with E-state index in [1.807, 2.05) is 6.92 Å². The number of ether oxygens (including phenoxy) is 1. The number of hydrogen-bond acceptors (Lipinski definition) is 4. The second-order valence-electron chi connectivity index (χ2n) is 4.18. The van der Waals surface area contributed by atoms with E-state index in [1.54, 1.807) is 19.3 Å². The van der Waals surface area contributed by atoms with Gasteiger partial charge in [-0.05, 0) is 37.5 Å². The Morgan fingerprint density at radius 3 is 2.78 bits per heavy atom. The summed E-state index contributed by atoms with van der Waals surface area (Å²) in [7, 11) is 3.12. The van der Waals surface area contributed by atoms with E-state index in [2.05, 4.69) is 5.16 Å². The molecule has 0 heterocycles. The van der Waals surface area contributed by atoms with Crippen molar-refractivity contribution in [3.63, 3.8) is 0 Å². The quantitative estimate of drug-likeness (QED) is 0.736. The van der Waals surface area contributed by atoms with Gasteiger partial charge in [0.05, 0.1) is 17.4 Å². The van der Waals surface area contributed by atoms with Crippen molar-refractivity contribution >= 4 is 11.7 Å². The molecule has 0 bridgehead atoms. The number of oxime groups is 1. The molecule has 0 fully saturated rings. The van der Waals surface area contributed by atoms with Crippen LogP contribution in [0.15, 0.2) is 28.5 Å². The van der Waals surface area contributed by atoms with E-state index >= 15 is 0 Å². The van der Waals surface area contributed by atoms with E-state index in [-0.39, 0.29) is 6.10 Å². The number of carboxylic acid groups (broad SMARTS) is 1. The van der Waals surface area contributed by atoms with Crippen LogP contribution in [0.2, 0.25) is 0 Å². The van der Waals surface area contributed by atoms with E-state index < -0.39 is 5.97 Å². The molecule has 0 radical (unpaired) electrons. The zero-order valence-electron chi connectivity index (χ0n) is 11.0. The van der Waals surface area contributed by atoms with Crippen molar-refractivity contribution in [1.29, 1.82) is 0 Å². The molecule has 0 aromatic heterocycles. The molecule has 0 saturated heterocycles. The first-order valence-corrected chi connectivity index (χ1v) is 5.84. The molecule has 0 amide bonds. The number of rotatable bonds is 6. The fraction of sp³-hybridized carbons (Fsp3) is 0.538. The van der Waals surface area contributed by atoms with Crippen LogP contribution >= 0.6 is 0 Å². The third-order valence-corrected chi connectivity index (χ3v) is 2.91. The Labute approximate surface area is 107 Å². The van der Waals surface area contributed by atoms with Gasteiger partial charge in [-0.2, -0.15) is 0 Å². The van der Waals surface area contributed by atoms with E-state index in [4.69, 9.17) is 14.7 Å². The van der Waals surface area contributed by atoms with Crippen LogP contribution in [0, 0.1) is 0 Å². The Hall–Kier alpha value is -1.62. The standard InChI is InChI=1S/C13H19NO4/c1-9(17-2)4-5-10-8-11(14-18-3)6-7-12(10)13(15)16/h6-7,9H,4-5,8H2,1-3H3,(H,15,16). The summed E-state index contributed by atoms with van der Waals surface area (Å²) in [4.78, 5) is 15.8. The largest absolute Gasteiger partial charge is 0.478 e. The molecule has 0 aromatic rings. The second kappa shape index (κ2) is 6.96. The number of hydrogen-bond donors (Lipinski definition) is 1. The Bertz CT molecular complexity index is 396. The molecule has 1 unspecified atom stereocenters. The predicted molar refractivity (Wildman–Crippen MR) is 68.6 cm³/mol. The summed E-state index contributed by atoms with van der Waals surface area (Å²) in [5, 5.41) is 13.0. The Morgan fingerprint density at radius 2 is 2.22 bits per heavy atom. The van der Waals surface area contributed by atoms with E-state index in [1.165, 1.54) is 7.11 Å². The Kier molecular flexibility index (Phi) is 5.58. The summed E-state index contributed by atoms with van der Waals surface area (Å²) < 4.78 is 5.17. The molecule has 0 saturated carbocycles. The summed E-state index contributed by atoms with van der Waals surface area (Å²) >= 11 is 0. The molecule has 18 heavy (non-hydrogen) atoms. The smallest absolute Gasteiger partial charge is 0.335 e. The minimum Gasteiger partial charge on any atom is -0.478 e. The van der Waals surface area contributed by atoms with Gasteiger partial charge >= 0.3 is 5.97 Å². The minimum atomic E-state index is -0.900. The van der Waals surface area contributed by atoms with Crippen LogP contribution in [0.4, 0.5) is 0 Å². The van der Waals surface area contributed by atoms with Gasteiger partial charge in [0.25, 0.3) is 0 Å². The van der Waals surface area contributed by atoms with E-state index in [9.17, 15) is 4.79 Å². The molecule has 0 spiro atoms.